The number of carbonyl (C=O) groups excluding carboxylic acids is 4. The van der Waals surface area contributed by atoms with Crippen LogP contribution >= 0.6 is 0 Å². The summed E-state index contributed by atoms with van der Waals surface area (Å²) in [6.07, 6.45) is 2.01. The van der Waals surface area contributed by atoms with Crippen LogP contribution in [-0.2, 0) is 39.4 Å². The van der Waals surface area contributed by atoms with Gasteiger partial charge in [0.15, 0.2) is 0 Å². The third-order valence-electron chi connectivity index (χ3n) is 5.55. The number of amides is 4. The zero-order valence-electron chi connectivity index (χ0n) is 14.9. The molecule has 12 nitrogen and oxygen atoms in total. The summed E-state index contributed by atoms with van der Waals surface area (Å²) in [5, 5.41) is 0. The van der Waals surface area contributed by atoms with E-state index in [1.165, 1.54) is 0 Å². The highest BCUT2D eigenvalue weighted by Crippen LogP contribution is 2.40. The third-order valence-corrected chi connectivity index (χ3v) is 9.12. The molecule has 1 aliphatic carbocycles. The fourth-order valence-corrected chi connectivity index (χ4v) is 6.33. The van der Waals surface area contributed by atoms with Gasteiger partial charge in [-0.15, -0.1) is 0 Å². The zero-order valence-corrected chi connectivity index (χ0v) is 16.6. The first-order valence-electron chi connectivity index (χ1n) is 8.63. The lowest BCUT2D eigenvalue weighted by molar-refractivity contribution is -0.142. The van der Waals surface area contributed by atoms with Crippen molar-refractivity contribution in [2.75, 3.05) is 6.54 Å². The minimum atomic E-state index is -5.65. The van der Waals surface area contributed by atoms with Crippen LogP contribution in [0.4, 0.5) is 0 Å². The molecule has 0 spiro atoms. The molecule has 14 heteroatoms. The third kappa shape index (κ3) is 3.39. The Balaban J connectivity index is 1.74. The zero-order chi connectivity index (χ0) is 21.8. The Hall–Kier alpha value is -2.16. The van der Waals surface area contributed by atoms with Gasteiger partial charge in [-0.1, -0.05) is 0 Å². The van der Waals surface area contributed by atoms with Crippen molar-refractivity contribution < 1.29 is 45.1 Å². The van der Waals surface area contributed by atoms with Crippen LogP contribution in [-0.4, -0.2) is 76.0 Å². The van der Waals surface area contributed by atoms with Gasteiger partial charge < -0.3 is 0 Å². The summed E-state index contributed by atoms with van der Waals surface area (Å²) in [4.78, 5) is 49.7. The van der Waals surface area contributed by atoms with E-state index in [9.17, 15) is 45.1 Å². The van der Waals surface area contributed by atoms with Gasteiger partial charge in [0.1, 0.15) is 0 Å². The lowest BCUT2D eigenvalue weighted by atomic mass is 9.85. The van der Waals surface area contributed by atoms with Crippen molar-refractivity contribution in [3.8, 4) is 0 Å². The molecule has 3 rings (SSSR count). The smallest absolute Gasteiger partial charge is 0.284 e. The minimum Gasteiger partial charge on any atom is -0.284 e. The lowest BCUT2D eigenvalue weighted by Gasteiger charge is -2.35. The van der Waals surface area contributed by atoms with E-state index in [2.05, 4.69) is 0 Å². The number of likely N-dealkylation sites (tertiary alicyclic amines) is 1. The summed E-state index contributed by atoms with van der Waals surface area (Å²) in [5.41, 5.74) is 0. The van der Waals surface area contributed by atoms with E-state index in [4.69, 9.17) is 0 Å². The molecule has 2 N–H and O–H groups in total. The van der Waals surface area contributed by atoms with Gasteiger partial charge in [-0.2, -0.15) is 16.8 Å². The van der Waals surface area contributed by atoms with E-state index in [-0.39, 0.29) is 25.3 Å². The Morgan fingerprint density at radius 2 is 1.38 bits per heavy atom. The molecule has 29 heavy (non-hydrogen) atoms. The second-order valence-electron chi connectivity index (χ2n) is 7.24. The molecule has 2 heterocycles. The standard InChI is InChI=1S/C15H18N2O10S2/c18-11-5-6-12(19)16(11)8-9-1-3-10(4-2-9)17-13(20)7-15(14(17)21,28(22,23)24)29(25,26)27/h5-6,9-10H,1-4,7-8H2,(H,22,23,24)(H,25,26,27). The van der Waals surface area contributed by atoms with Crippen LogP contribution in [0.25, 0.3) is 0 Å². The second kappa shape index (κ2) is 6.97. The van der Waals surface area contributed by atoms with Crippen molar-refractivity contribution in [2.24, 2.45) is 5.92 Å². The van der Waals surface area contributed by atoms with E-state index >= 15 is 0 Å². The molecular formula is C15H18N2O10S2. The van der Waals surface area contributed by atoms with Crippen LogP contribution in [0, 0.1) is 5.92 Å². The second-order valence-corrected chi connectivity index (χ2v) is 10.8. The van der Waals surface area contributed by atoms with Crippen LogP contribution in [0.1, 0.15) is 32.1 Å². The quantitative estimate of drug-likeness (QED) is 0.377. The highest BCUT2D eigenvalue weighted by molar-refractivity contribution is 8.06. The van der Waals surface area contributed by atoms with Crippen molar-refractivity contribution in [3.63, 3.8) is 0 Å². The van der Waals surface area contributed by atoms with Crippen molar-refractivity contribution in [1.82, 2.24) is 9.80 Å². The number of carbonyl (C=O) groups is 4. The van der Waals surface area contributed by atoms with Crippen molar-refractivity contribution >= 4 is 43.9 Å². The van der Waals surface area contributed by atoms with E-state index in [0.717, 1.165) is 17.1 Å². The van der Waals surface area contributed by atoms with Gasteiger partial charge in [0, 0.05) is 24.7 Å². The molecule has 2 aliphatic heterocycles. The fraction of sp³-hybridized carbons (Fsp3) is 0.600. The van der Waals surface area contributed by atoms with Gasteiger partial charge in [0.05, 0.1) is 6.42 Å². The van der Waals surface area contributed by atoms with Crippen molar-refractivity contribution in [2.45, 2.75) is 42.2 Å². The first-order chi connectivity index (χ1) is 13.3. The molecule has 1 saturated carbocycles. The Labute approximate surface area is 166 Å². The Morgan fingerprint density at radius 1 is 0.897 bits per heavy atom. The minimum absolute atomic E-state index is 0.111. The maximum atomic E-state index is 12.6. The van der Waals surface area contributed by atoms with Gasteiger partial charge in [-0.05, 0) is 31.6 Å². The van der Waals surface area contributed by atoms with Gasteiger partial charge in [-0.3, -0.25) is 38.1 Å². The molecule has 0 aromatic carbocycles. The van der Waals surface area contributed by atoms with Gasteiger partial charge in [0.2, 0.25) is 5.91 Å². The molecule has 0 bridgehead atoms. The predicted molar refractivity (Wildman–Crippen MR) is 93.9 cm³/mol. The molecule has 0 unspecified atom stereocenters. The van der Waals surface area contributed by atoms with Gasteiger partial charge in [-0.25, -0.2) is 0 Å². The Kier molecular flexibility index (Phi) is 5.18. The predicted octanol–water partition coefficient (Wildman–Crippen LogP) is -1.30. The van der Waals surface area contributed by atoms with Gasteiger partial charge >= 0.3 is 4.08 Å². The Bertz CT molecular complexity index is 971. The van der Waals surface area contributed by atoms with Crippen LogP contribution in [0.2, 0.25) is 0 Å². The van der Waals surface area contributed by atoms with Crippen LogP contribution in [0.15, 0.2) is 12.2 Å². The first kappa shape index (κ1) is 21.5. The maximum Gasteiger partial charge on any atom is 0.308 e. The largest absolute Gasteiger partial charge is 0.308 e. The molecule has 1 saturated heterocycles. The van der Waals surface area contributed by atoms with Crippen LogP contribution in [0.5, 0.6) is 0 Å². The van der Waals surface area contributed by atoms with Crippen molar-refractivity contribution in [1.29, 1.82) is 0 Å². The summed E-state index contributed by atoms with van der Waals surface area (Å²) in [6.45, 7) is 0.152. The van der Waals surface area contributed by atoms with E-state index < -0.39 is 60.4 Å². The van der Waals surface area contributed by atoms with E-state index in [0.29, 0.717) is 17.7 Å². The van der Waals surface area contributed by atoms with Gasteiger partial charge in [0.25, 0.3) is 38.0 Å². The summed E-state index contributed by atoms with van der Waals surface area (Å²) in [6, 6.07) is -0.834. The molecule has 0 aromatic heterocycles. The number of rotatable bonds is 5. The summed E-state index contributed by atoms with van der Waals surface area (Å²) < 4.78 is 61.5. The van der Waals surface area contributed by atoms with Crippen molar-refractivity contribution in [3.05, 3.63) is 12.2 Å². The average molecular weight is 450 g/mol. The normalized spacial score (nSPS) is 27.9. The molecule has 3 aliphatic rings. The average Bonchev–Trinajstić information content (AvgIpc) is 3.06. The molecule has 0 aromatic rings. The molecule has 2 fully saturated rings. The lowest BCUT2D eigenvalue weighted by Crippen LogP contribution is -2.54. The molecule has 0 atom stereocenters. The molecular weight excluding hydrogens is 432 g/mol. The Morgan fingerprint density at radius 3 is 1.79 bits per heavy atom. The topological polar surface area (TPSA) is 184 Å². The molecule has 160 valence electrons. The number of nitrogens with zero attached hydrogens (tertiary/aromatic N) is 2. The summed E-state index contributed by atoms with van der Waals surface area (Å²) >= 11 is 0. The highest BCUT2D eigenvalue weighted by atomic mass is 32.3. The van der Waals surface area contributed by atoms with Crippen LogP contribution in [0.3, 0.4) is 0 Å². The molecule has 0 radical (unpaired) electrons. The first-order valence-corrected chi connectivity index (χ1v) is 11.5. The maximum absolute atomic E-state index is 12.6. The fourth-order valence-electron chi connectivity index (χ4n) is 4.02. The highest BCUT2D eigenvalue weighted by Gasteiger charge is 2.69. The van der Waals surface area contributed by atoms with E-state index in [1.54, 1.807) is 0 Å². The number of hydrogen-bond acceptors (Lipinski definition) is 8. The summed E-state index contributed by atoms with van der Waals surface area (Å²) in [7, 11) is -11.3. The number of hydrogen-bond donors (Lipinski definition) is 2. The number of imide groups is 2. The monoisotopic (exact) mass is 450 g/mol. The molecule has 4 amide bonds. The summed E-state index contributed by atoms with van der Waals surface area (Å²) in [5.74, 6) is -3.83. The SMILES string of the molecule is O=C1C=CC(=O)N1CC1CCC(N2C(=O)CC(S(=O)(=O)O)(S(=O)(=O)O)C2=O)CC1. The van der Waals surface area contributed by atoms with E-state index in [1.807, 2.05) is 0 Å². The van der Waals surface area contributed by atoms with Crippen LogP contribution < -0.4 is 0 Å².